The number of pyridine rings is 1. The van der Waals surface area contributed by atoms with Gasteiger partial charge >= 0.3 is 0 Å². The molecule has 1 heterocycles. The van der Waals surface area contributed by atoms with Crippen LogP contribution < -0.4 is 10.1 Å². The van der Waals surface area contributed by atoms with Gasteiger partial charge < -0.3 is 14.8 Å². The lowest BCUT2D eigenvalue weighted by molar-refractivity contribution is -0.133. The highest BCUT2D eigenvalue weighted by Crippen LogP contribution is 2.20. The van der Waals surface area contributed by atoms with Gasteiger partial charge in [-0.2, -0.15) is 4.98 Å². The molecule has 1 aromatic heterocycles. The van der Waals surface area contributed by atoms with Crippen LogP contribution in [0.2, 0.25) is 0 Å². The largest absolute Gasteiger partial charge is 0.439 e. The van der Waals surface area contributed by atoms with E-state index in [1.54, 1.807) is 32.0 Å². The molecule has 0 saturated heterocycles. The number of hydrogen-bond acceptors (Lipinski definition) is 4. The van der Waals surface area contributed by atoms with Crippen molar-refractivity contribution in [2.75, 3.05) is 12.4 Å². The van der Waals surface area contributed by atoms with Crippen molar-refractivity contribution >= 4 is 11.7 Å². The Morgan fingerprint density at radius 3 is 2.48 bits per heavy atom. The van der Waals surface area contributed by atoms with Crippen molar-refractivity contribution in [3.63, 3.8) is 0 Å². The normalized spacial score (nSPS) is 11.0. The van der Waals surface area contributed by atoms with Gasteiger partial charge in [-0.05, 0) is 32.0 Å². The minimum atomic E-state index is -0.919. The SMILES string of the molecule is COC(C)(C)C(=O)Nc1cccc(Oc2ccccc2)n1. The van der Waals surface area contributed by atoms with Crippen LogP contribution in [0, 0.1) is 0 Å². The highest BCUT2D eigenvalue weighted by Gasteiger charge is 2.27. The van der Waals surface area contributed by atoms with Gasteiger partial charge in [-0.15, -0.1) is 0 Å². The second-order valence-corrected chi connectivity index (χ2v) is 4.94. The number of anilines is 1. The number of hydrogen-bond donors (Lipinski definition) is 1. The summed E-state index contributed by atoms with van der Waals surface area (Å²) in [6.07, 6.45) is 0. The molecule has 2 aromatic rings. The van der Waals surface area contributed by atoms with Crippen LogP contribution in [0.4, 0.5) is 5.82 Å². The van der Waals surface area contributed by atoms with Crippen molar-refractivity contribution in [1.82, 2.24) is 4.98 Å². The molecule has 110 valence electrons. The van der Waals surface area contributed by atoms with Crippen LogP contribution in [0.25, 0.3) is 0 Å². The first-order valence-electron chi connectivity index (χ1n) is 6.58. The Morgan fingerprint density at radius 1 is 1.10 bits per heavy atom. The molecule has 1 amide bonds. The van der Waals surface area contributed by atoms with Crippen molar-refractivity contribution in [2.24, 2.45) is 0 Å². The molecule has 0 aliphatic heterocycles. The molecular weight excluding hydrogens is 268 g/mol. The van der Waals surface area contributed by atoms with Gasteiger partial charge in [-0.3, -0.25) is 4.79 Å². The van der Waals surface area contributed by atoms with Crippen molar-refractivity contribution in [2.45, 2.75) is 19.4 Å². The molecule has 0 aliphatic rings. The standard InChI is InChI=1S/C16H18N2O3/c1-16(2,20-3)15(19)18-13-10-7-11-14(17-13)21-12-8-5-4-6-9-12/h4-11H,1-3H3,(H,17,18,19). The zero-order valence-electron chi connectivity index (χ0n) is 12.3. The van der Waals surface area contributed by atoms with E-state index in [4.69, 9.17) is 9.47 Å². The number of benzene rings is 1. The van der Waals surface area contributed by atoms with E-state index in [1.807, 2.05) is 30.3 Å². The Bertz CT molecular complexity index is 612. The van der Waals surface area contributed by atoms with Gasteiger partial charge in [0.1, 0.15) is 17.2 Å². The number of ether oxygens (including phenoxy) is 2. The van der Waals surface area contributed by atoms with E-state index < -0.39 is 5.60 Å². The third-order valence-electron chi connectivity index (χ3n) is 2.99. The Hall–Kier alpha value is -2.40. The van der Waals surface area contributed by atoms with E-state index in [-0.39, 0.29) is 5.91 Å². The highest BCUT2D eigenvalue weighted by atomic mass is 16.5. The topological polar surface area (TPSA) is 60.5 Å². The predicted molar refractivity (Wildman–Crippen MR) is 80.5 cm³/mol. The van der Waals surface area contributed by atoms with Gasteiger partial charge in [-0.25, -0.2) is 0 Å². The van der Waals surface area contributed by atoms with Crippen LogP contribution >= 0.6 is 0 Å². The molecule has 0 aliphatic carbocycles. The maximum atomic E-state index is 12.0. The number of nitrogens with zero attached hydrogens (tertiary/aromatic N) is 1. The molecule has 0 unspecified atom stereocenters. The van der Waals surface area contributed by atoms with Crippen LogP contribution in [0.1, 0.15) is 13.8 Å². The first-order valence-corrected chi connectivity index (χ1v) is 6.58. The molecule has 5 heteroatoms. The summed E-state index contributed by atoms with van der Waals surface area (Å²) in [7, 11) is 1.49. The molecule has 0 saturated carbocycles. The number of carbonyl (C=O) groups is 1. The third kappa shape index (κ3) is 4.03. The van der Waals surface area contributed by atoms with Crippen LogP contribution in [0.3, 0.4) is 0 Å². The lowest BCUT2D eigenvalue weighted by Crippen LogP contribution is -2.39. The van der Waals surface area contributed by atoms with Crippen molar-refractivity contribution in [3.8, 4) is 11.6 Å². The maximum absolute atomic E-state index is 12.0. The average Bonchev–Trinajstić information content (AvgIpc) is 2.48. The second-order valence-electron chi connectivity index (χ2n) is 4.94. The molecule has 0 bridgehead atoms. The summed E-state index contributed by atoms with van der Waals surface area (Å²) in [5.74, 6) is 1.24. The average molecular weight is 286 g/mol. The third-order valence-corrected chi connectivity index (χ3v) is 2.99. The van der Waals surface area contributed by atoms with Gasteiger partial charge in [0, 0.05) is 13.2 Å². The molecule has 5 nitrogen and oxygen atoms in total. The second kappa shape index (κ2) is 6.37. The van der Waals surface area contributed by atoms with E-state index >= 15 is 0 Å². The summed E-state index contributed by atoms with van der Waals surface area (Å²) >= 11 is 0. The van der Waals surface area contributed by atoms with Crippen LogP contribution in [0.15, 0.2) is 48.5 Å². The van der Waals surface area contributed by atoms with Gasteiger partial charge in [-0.1, -0.05) is 24.3 Å². The van der Waals surface area contributed by atoms with Gasteiger partial charge in [0.25, 0.3) is 5.91 Å². The Morgan fingerprint density at radius 2 is 1.81 bits per heavy atom. The summed E-state index contributed by atoms with van der Waals surface area (Å²) in [5, 5.41) is 2.70. The molecule has 1 N–H and O–H groups in total. The fraction of sp³-hybridized carbons (Fsp3) is 0.250. The molecule has 0 spiro atoms. The maximum Gasteiger partial charge on any atom is 0.257 e. The first-order chi connectivity index (χ1) is 10.0. The number of nitrogens with one attached hydrogen (secondary N) is 1. The summed E-state index contributed by atoms with van der Waals surface area (Å²) in [6.45, 7) is 3.37. The van der Waals surface area contributed by atoms with Crippen molar-refractivity contribution < 1.29 is 14.3 Å². The predicted octanol–water partition coefficient (Wildman–Crippen LogP) is 3.24. The van der Waals surface area contributed by atoms with Crippen LogP contribution in [-0.2, 0) is 9.53 Å². The first kappa shape index (κ1) is 15.0. The lowest BCUT2D eigenvalue weighted by Gasteiger charge is -2.21. The monoisotopic (exact) mass is 286 g/mol. The summed E-state index contributed by atoms with van der Waals surface area (Å²) in [6, 6.07) is 14.5. The number of rotatable bonds is 5. The van der Waals surface area contributed by atoms with E-state index in [0.717, 1.165) is 0 Å². The van der Waals surface area contributed by atoms with Crippen molar-refractivity contribution in [1.29, 1.82) is 0 Å². The molecular formula is C16H18N2O3. The summed E-state index contributed by atoms with van der Waals surface area (Å²) < 4.78 is 10.7. The molecule has 2 rings (SSSR count). The van der Waals surface area contributed by atoms with Gasteiger partial charge in [0.15, 0.2) is 0 Å². The Kier molecular flexibility index (Phi) is 4.55. The molecule has 21 heavy (non-hydrogen) atoms. The van der Waals surface area contributed by atoms with Crippen LogP contribution in [-0.4, -0.2) is 23.6 Å². The number of para-hydroxylation sites is 1. The summed E-state index contributed by atoms with van der Waals surface area (Å²) in [5.41, 5.74) is -0.919. The summed E-state index contributed by atoms with van der Waals surface area (Å²) in [4.78, 5) is 16.3. The quantitative estimate of drug-likeness (QED) is 0.916. The van der Waals surface area contributed by atoms with E-state index in [0.29, 0.717) is 17.4 Å². The highest BCUT2D eigenvalue weighted by molar-refractivity contribution is 5.96. The van der Waals surface area contributed by atoms with E-state index in [1.165, 1.54) is 7.11 Å². The van der Waals surface area contributed by atoms with Crippen molar-refractivity contribution in [3.05, 3.63) is 48.5 Å². The minimum absolute atomic E-state index is 0.269. The minimum Gasteiger partial charge on any atom is -0.439 e. The molecule has 0 radical (unpaired) electrons. The van der Waals surface area contributed by atoms with E-state index in [9.17, 15) is 4.79 Å². The fourth-order valence-corrected chi connectivity index (χ4v) is 1.51. The number of methoxy groups -OCH3 is 1. The smallest absolute Gasteiger partial charge is 0.257 e. The molecule has 0 atom stereocenters. The fourth-order valence-electron chi connectivity index (χ4n) is 1.51. The van der Waals surface area contributed by atoms with Crippen LogP contribution in [0.5, 0.6) is 11.6 Å². The zero-order valence-corrected chi connectivity index (χ0v) is 12.3. The van der Waals surface area contributed by atoms with E-state index in [2.05, 4.69) is 10.3 Å². The number of amides is 1. The number of carbonyl (C=O) groups excluding carboxylic acids is 1. The molecule has 1 aromatic carbocycles. The Balaban J connectivity index is 2.10. The van der Waals surface area contributed by atoms with Gasteiger partial charge in [0.05, 0.1) is 0 Å². The zero-order chi connectivity index (χ0) is 15.3. The lowest BCUT2D eigenvalue weighted by atomic mass is 10.1. The number of aromatic nitrogens is 1. The molecule has 0 fully saturated rings. The Labute approximate surface area is 123 Å². The van der Waals surface area contributed by atoms with Gasteiger partial charge in [0.2, 0.25) is 5.88 Å².